The van der Waals surface area contributed by atoms with Crippen LogP contribution in [-0.4, -0.2) is 36.5 Å². The quantitative estimate of drug-likeness (QED) is 0.653. The van der Waals surface area contributed by atoms with Gasteiger partial charge in [0.1, 0.15) is 11.4 Å². The first-order chi connectivity index (χ1) is 12.4. The maximum absolute atomic E-state index is 9.59. The lowest BCUT2D eigenvalue weighted by Crippen LogP contribution is -2.41. The van der Waals surface area contributed by atoms with E-state index in [0.717, 1.165) is 21.7 Å². The summed E-state index contributed by atoms with van der Waals surface area (Å²) in [6.07, 6.45) is 0. The number of hydrogen-bond acceptors (Lipinski definition) is 4. The number of aliphatic hydroxyl groups excluding tert-OH is 1. The summed E-state index contributed by atoms with van der Waals surface area (Å²) in [5.74, 6) is 0.0235. The van der Waals surface area contributed by atoms with Gasteiger partial charge in [0.2, 0.25) is 0 Å². The Kier molecular flexibility index (Phi) is 4.96. The highest BCUT2D eigenvalue weighted by molar-refractivity contribution is 6.62. The van der Waals surface area contributed by atoms with Gasteiger partial charge in [-0.05, 0) is 57.8 Å². The fraction of sp³-hybridized carbons (Fsp3) is 0.429. The average Bonchev–Trinajstić information content (AvgIpc) is 2.80. The van der Waals surface area contributed by atoms with Crippen LogP contribution in [-0.2, 0) is 14.0 Å². The van der Waals surface area contributed by atoms with E-state index in [0.29, 0.717) is 7.48 Å². The third kappa shape index (κ3) is 3.93. The summed E-state index contributed by atoms with van der Waals surface area (Å²) in [5.41, 5.74) is 0.590. The highest BCUT2D eigenvalue weighted by atomic mass is 16.7. The maximum atomic E-state index is 9.59. The third-order valence-electron chi connectivity index (χ3n) is 5.75. The van der Waals surface area contributed by atoms with E-state index in [1.807, 2.05) is 6.07 Å². The molecule has 0 bridgehead atoms. The summed E-state index contributed by atoms with van der Waals surface area (Å²) >= 11 is 0. The monoisotopic (exact) mass is 366 g/mol. The standard InChI is InChI=1S/C21H28B2O4/c1-14(24)19(2,3)25-22-17-10-8-16-13-18(11-9-15(16)12-17)23-26-20(4,5)21(6,7)27-23/h8-13,22,24H,1H2,2-7H3. The van der Waals surface area contributed by atoms with Gasteiger partial charge in [0.25, 0.3) is 0 Å². The van der Waals surface area contributed by atoms with Gasteiger partial charge in [-0.2, -0.15) is 0 Å². The lowest BCUT2D eigenvalue weighted by molar-refractivity contribution is 0.00578. The van der Waals surface area contributed by atoms with E-state index in [4.69, 9.17) is 14.0 Å². The Morgan fingerprint density at radius 2 is 1.59 bits per heavy atom. The molecule has 1 N–H and O–H groups in total. The van der Waals surface area contributed by atoms with Crippen molar-refractivity contribution < 1.29 is 19.1 Å². The zero-order valence-electron chi connectivity index (χ0n) is 17.1. The van der Waals surface area contributed by atoms with Gasteiger partial charge in [-0.1, -0.05) is 48.4 Å². The summed E-state index contributed by atoms with van der Waals surface area (Å²) < 4.78 is 18.1. The van der Waals surface area contributed by atoms with Crippen molar-refractivity contribution in [3.63, 3.8) is 0 Å². The first kappa shape index (κ1) is 20.0. The Morgan fingerprint density at radius 3 is 2.19 bits per heavy atom. The Bertz CT molecular complexity index is 858. The molecule has 0 radical (unpaired) electrons. The zero-order valence-corrected chi connectivity index (χ0v) is 17.1. The summed E-state index contributed by atoms with van der Waals surface area (Å²) in [6.45, 7) is 15.4. The largest absolute Gasteiger partial charge is 0.510 e. The Labute approximate surface area is 162 Å². The van der Waals surface area contributed by atoms with Crippen LogP contribution in [0.4, 0.5) is 0 Å². The van der Waals surface area contributed by atoms with Crippen LogP contribution in [0, 0.1) is 0 Å². The molecule has 0 aliphatic carbocycles. The van der Waals surface area contributed by atoms with Crippen molar-refractivity contribution in [3.05, 3.63) is 48.7 Å². The van der Waals surface area contributed by atoms with Crippen LogP contribution in [0.25, 0.3) is 10.8 Å². The van der Waals surface area contributed by atoms with Gasteiger partial charge in [0, 0.05) is 0 Å². The molecule has 0 saturated carbocycles. The van der Waals surface area contributed by atoms with Crippen LogP contribution in [0.2, 0.25) is 0 Å². The molecule has 2 aromatic carbocycles. The molecule has 0 atom stereocenters. The molecule has 1 fully saturated rings. The molecule has 0 amide bonds. The minimum absolute atomic E-state index is 0.0235. The minimum atomic E-state index is -0.768. The summed E-state index contributed by atoms with van der Waals surface area (Å²) in [6, 6.07) is 12.4. The maximum Gasteiger partial charge on any atom is 0.494 e. The first-order valence-corrected chi connectivity index (χ1v) is 9.32. The molecule has 3 rings (SSSR count). The van der Waals surface area contributed by atoms with Gasteiger partial charge in [-0.3, -0.25) is 0 Å². The highest BCUT2D eigenvalue weighted by Gasteiger charge is 2.51. The van der Waals surface area contributed by atoms with E-state index >= 15 is 0 Å². The van der Waals surface area contributed by atoms with Gasteiger partial charge in [-0.25, -0.2) is 0 Å². The van der Waals surface area contributed by atoms with E-state index in [1.165, 1.54) is 0 Å². The second-order valence-electron chi connectivity index (χ2n) is 8.77. The van der Waals surface area contributed by atoms with E-state index in [-0.39, 0.29) is 24.1 Å². The lowest BCUT2D eigenvalue weighted by atomic mass is 9.77. The predicted molar refractivity (Wildman–Crippen MR) is 113 cm³/mol. The van der Waals surface area contributed by atoms with E-state index in [1.54, 1.807) is 13.8 Å². The first-order valence-electron chi connectivity index (χ1n) is 9.32. The lowest BCUT2D eigenvalue weighted by Gasteiger charge is -2.32. The van der Waals surface area contributed by atoms with Crippen LogP contribution < -0.4 is 10.9 Å². The molecule has 1 saturated heterocycles. The van der Waals surface area contributed by atoms with Crippen molar-refractivity contribution in [2.75, 3.05) is 0 Å². The van der Waals surface area contributed by atoms with Crippen LogP contribution in [0.5, 0.6) is 0 Å². The number of rotatable bonds is 5. The van der Waals surface area contributed by atoms with Crippen molar-refractivity contribution >= 4 is 36.3 Å². The number of aliphatic hydroxyl groups is 1. The normalized spacial score (nSPS) is 18.7. The smallest absolute Gasteiger partial charge is 0.494 e. The molecule has 6 heteroatoms. The molecule has 1 heterocycles. The van der Waals surface area contributed by atoms with Crippen molar-refractivity contribution in [2.45, 2.75) is 58.3 Å². The molecule has 1 aliphatic heterocycles. The van der Waals surface area contributed by atoms with Crippen LogP contribution >= 0.6 is 0 Å². The van der Waals surface area contributed by atoms with E-state index in [9.17, 15) is 5.11 Å². The predicted octanol–water partition coefficient (Wildman–Crippen LogP) is 2.98. The van der Waals surface area contributed by atoms with Gasteiger partial charge in [0.15, 0.2) is 0 Å². The Balaban J connectivity index is 1.79. The van der Waals surface area contributed by atoms with Gasteiger partial charge in [0.05, 0.1) is 11.2 Å². The molecule has 1 aliphatic rings. The fourth-order valence-corrected chi connectivity index (χ4v) is 2.88. The molecule has 2 aromatic rings. The Hall–Kier alpha value is -1.75. The minimum Gasteiger partial charge on any atom is -0.510 e. The van der Waals surface area contributed by atoms with Crippen molar-refractivity contribution in [1.29, 1.82) is 0 Å². The summed E-state index contributed by atoms with van der Waals surface area (Å²) in [7, 11) is 0.0420. The van der Waals surface area contributed by atoms with Gasteiger partial charge in [-0.15, -0.1) is 0 Å². The zero-order chi connectivity index (χ0) is 20.0. The SMILES string of the molecule is C=C(O)C(C)(C)OBc1ccc2cc(B3OC(C)(C)C(C)(C)O3)ccc2c1. The van der Waals surface area contributed by atoms with Crippen molar-refractivity contribution in [1.82, 2.24) is 0 Å². The molecule has 27 heavy (non-hydrogen) atoms. The van der Waals surface area contributed by atoms with Gasteiger partial charge < -0.3 is 19.1 Å². The van der Waals surface area contributed by atoms with E-state index in [2.05, 4.69) is 64.6 Å². The Morgan fingerprint density at radius 1 is 1.04 bits per heavy atom. The number of fused-ring (bicyclic) bond motifs is 1. The molecular weight excluding hydrogens is 338 g/mol. The molecule has 142 valence electrons. The van der Waals surface area contributed by atoms with Crippen LogP contribution in [0.1, 0.15) is 41.5 Å². The molecule has 0 aromatic heterocycles. The van der Waals surface area contributed by atoms with Gasteiger partial charge >= 0.3 is 14.6 Å². The summed E-state index contributed by atoms with van der Waals surface area (Å²) in [5, 5.41) is 11.8. The van der Waals surface area contributed by atoms with E-state index < -0.39 is 5.60 Å². The topological polar surface area (TPSA) is 47.9 Å². The number of hydrogen-bond donors (Lipinski definition) is 1. The highest BCUT2D eigenvalue weighted by Crippen LogP contribution is 2.36. The molecule has 0 unspecified atom stereocenters. The second kappa shape index (κ2) is 6.69. The third-order valence-corrected chi connectivity index (χ3v) is 5.75. The van der Waals surface area contributed by atoms with Crippen molar-refractivity contribution in [3.8, 4) is 0 Å². The molecule has 0 spiro atoms. The average molecular weight is 366 g/mol. The fourth-order valence-electron chi connectivity index (χ4n) is 2.88. The van der Waals surface area contributed by atoms with Crippen LogP contribution in [0.15, 0.2) is 48.7 Å². The second-order valence-corrected chi connectivity index (χ2v) is 8.77. The molecule has 4 nitrogen and oxygen atoms in total. The molecular formula is C21H28B2O4. The summed E-state index contributed by atoms with van der Waals surface area (Å²) in [4.78, 5) is 0. The number of benzene rings is 2. The van der Waals surface area contributed by atoms with Crippen molar-refractivity contribution in [2.24, 2.45) is 0 Å². The van der Waals surface area contributed by atoms with Crippen LogP contribution in [0.3, 0.4) is 0 Å².